The molecule has 1 N–H and O–H groups in total. The summed E-state index contributed by atoms with van der Waals surface area (Å²) in [5.74, 6) is 0.447. The molecule has 6 aromatic rings. The summed E-state index contributed by atoms with van der Waals surface area (Å²) in [7, 11) is 0. The van der Waals surface area contributed by atoms with Gasteiger partial charge in [0, 0.05) is 15.4 Å². The number of fused-ring (bicyclic) bond motifs is 2. The lowest BCUT2D eigenvalue weighted by Crippen LogP contribution is -2.20. The number of furan rings is 2. The van der Waals surface area contributed by atoms with Crippen LogP contribution in [0.15, 0.2) is 108 Å². The molecule has 0 amide bonds. The van der Waals surface area contributed by atoms with E-state index in [-0.39, 0.29) is 16.9 Å². The van der Waals surface area contributed by atoms with Crippen LogP contribution in [-0.4, -0.2) is 27.0 Å². The monoisotopic (exact) mass is 553 g/mol. The zero-order valence-electron chi connectivity index (χ0n) is 19.0. The molecule has 37 heavy (non-hydrogen) atoms. The molecule has 0 saturated carbocycles. The van der Waals surface area contributed by atoms with Crippen LogP contribution in [0.25, 0.3) is 44.8 Å². The summed E-state index contributed by atoms with van der Waals surface area (Å²) in [5, 5.41) is 14.9. The SMILES string of the molecule is O=C(O)c1cccc(-c2ccc(C=Nn3c(-c4cc5cc(Br)ccc5o4)nc4ccccc4c3=O)o2)c1. The van der Waals surface area contributed by atoms with Gasteiger partial charge >= 0.3 is 5.97 Å². The molecule has 0 aliphatic carbocycles. The molecule has 0 fully saturated rings. The highest BCUT2D eigenvalue weighted by Crippen LogP contribution is 2.29. The van der Waals surface area contributed by atoms with Crippen LogP contribution >= 0.6 is 15.9 Å². The van der Waals surface area contributed by atoms with Gasteiger partial charge in [0.25, 0.3) is 5.56 Å². The normalized spacial score (nSPS) is 11.6. The van der Waals surface area contributed by atoms with E-state index in [1.807, 2.05) is 30.3 Å². The van der Waals surface area contributed by atoms with Crippen molar-refractivity contribution in [3.8, 4) is 22.9 Å². The Morgan fingerprint density at radius 2 is 1.81 bits per heavy atom. The van der Waals surface area contributed by atoms with Gasteiger partial charge in [-0.05, 0) is 60.7 Å². The number of benzene rings is 3. The average molecular weight is 554 g/mol. The lowest BCUT2D eigenvalue weighted by Gasteiger charge is -2.06. The van der Waals surface area contributed by atoms with Crippen LogP contribution in [0.4, 0.5) is 0 Å². The van der Waals surface area contributed by atoms with Gasteiger partial charge in [0.2, 0.25) is 5.82 Å². The second-order valence-electron chi connectivity index (χ2n) is 8.19. The first-order valence-corrected chi connectivity index (χ1v) is 11.9. The van der Waals surface area contributed by atoms with Crippen molar-refractivity contribution in [3.05, 3.63) is 111 Å². The largest absolute Gasteiger partial charge is 0.478 e. The van der Waals surface area contributed by atoms with Crippen LogP contribution in [0.5, 0.6) is 0 Å². The van der Waals surface area contributed by atoms with E-state index in [9.17, 15) is 14.7 Å². The molecule has 8 nitrogen and oxygen atoms in total. The van der Waals surface area contributed by atoms with Gasteiger partial charge < -0.3 is 13.9 Å². The number of hydrogen-bond acceptors (Lipinski definition) is 6. The van der Waals surface area contributed by atoms with Gasteiger partial charge in [-0.2, -0.15) is 9.78 Å². The van der Waals surface area contributed by atoms with E-state index in [0.29, 0.717) is 39.3 Å². The van der Waals surface area contributed by atoms with E-state index in [1.165, 1.54) is 23.0 Å². The summed E-state index contributed by atoms with van der Waals surface area (Å²) in [5.41, 5.74) is 1.57. The Bertz CT molecular complexity index is 1910. The molecule has 0 bridgehead atoms. The molecular formula is C28H16BrN3O5. The lowest BCUT2D eigenvalue weighted by atomic mass is 10.1. The minimum Gasteiger partial charge on any atom is -0.478 e. The Labute approximate surface area is 217 Å². The molecule has 0 radical (unpaired) electrons. The molecule has 6 rings (SSSR count). The zero-order valence-corrected chi connectivity index (χ0v) is 20.5. The van der Waals surface area contributed by atoms with Gasteiger partial charge in [0.1, 0.15) is 17.1 Å². The van der Waals surface area contributed by atoms with E-state index in [0.717, 1.165) is 9.86 Å². The first-order valence-electron chi connectivity index (χ1n) is 11.2. The van der Waals surface area contributed by atoms with Gasteiger partial charge in [-0.1, -0.05) is 40.2 Å². The summed E-state index contributed by atoms with van der Waals surface area (Å²) in [6.07, 6.45) is 1.41. The van der Waals surface area contributed by atoms with Crippen molar-refractivity contribution in [2.24, 2.45) is 5.10 Å². The highest BCUT2D eigenvalue weighted by molar-refractivity contribution is 9.10. The van der Waals surface area contributed by atoms with Crippen molar-refractivity contribution in [1.82, 2.24) is 9.66 Å². The minimum atomic E-state index is -1.02. The van der Waals surface area contributed by atoms with Gasteiger partial charge in [-0.25, -0.2) is 9.78 Å². The van der Waals surface area contributed by atoms with Crippen LogP contribution in [-0.2, 0) is 0 Å². The highest BCUT2D eigenvalue weighted by Gasteiger charge is 2.17. The number of carbonyl (C=O) groups is 1. The molecular weight excluding hydrogens is 538 g/mol. The molecule has 9 heteroatoms. The fourth-order valence-electron chi connectivity index (χ4n) is 4.01. The Kier molecular flexibility index (Phi) is 5.54. The van der Waals surface area contributed by atoms with Crippen LogP contribution in [0.2, 0.25) is 0 Å². The molecule has 0 atom stereocenters. The number of rotatable bonds is 5. The summed E-state index contributed by atoms with van der Waals surface area (Å²) in [6, 6.07) is 24.3. The van der Waals surface area contributed by atoms with E-state index in [4.69, 9.17) is 8.83 Å². The highest BCUT2D eigenvalue weighted by atomic mass is 79.9. The molecule has 0 spiro atoms. The topological polar surface area (TPSA) is 111 Å². The maximum atomic E-state index is 13.4. The van der Waals surface area contributed by atoms with Crippen LogP contribution in [0.3, 0.4) is 0 Å². The van der Waals surface area contributed by atoms with Crippen molar-refractivity contribution < 1.29 is 18.7 Å². The second-order valence-corrected chi connectivity index (χ2v) is 9.11. The van der Waals surface area contributed by atoms with E-state index in [2.05, 4.69) is 26.0 Å². The third-order valence-corrected chi connectivity index (χ3v) is 6.27. The van der Waals surface area contributed by atoms with E-state index in [1.54, 1.807) is 42.5 Å². The van der Waals surface area contributed by atoms with Gasteiger partial charge in [0.15, 0.2) is 5.76 Å². The summed E-state index contributed by atoms with van der Waals surface area (Å²) in [4.78, 5) is 29.4. The Morgan fingerprint density at radius 1 is 0.946 bits per heavy atom. The zero-order chi connectivity index (χ0) is 25.5. The number of para-hydroxylation sites is 1. The van der Waals surface area contributed by atoms with Crippen molar-refractivity contribution in [2.75, 3.05) is 0 Å². The van der Waals surface area contributed by atoms with Gasteiger partial charge in [-0.15, -0.1) is 0 Å². The molecule has 0 saturated heterocycles. The smallest absolute Gasteiger partial charge is 0.335 e. The standard InChI is InChI=1S/C28H16BrN3O5/c29-19-8-10-24-18(13-19)14-25(37-24)26-31-22-7-2-1-6-21(22)27(33)32(26)30-15-20-9-11-23(36-20)16-4-3-5-17(12-16)28(34)35/h1-15H,(H,34,35). The molecule has 3 aromatic carbocycles. The van der Waals surface area contributed by atoms with Crippen molar-refractivity contribution in [3.63, 3.8) is 0 Å². The molecule has 3 heterocycles. The van der Waals surface area contributed by atoms with Crippen LogP contribution < -0.4 is 5.56 Å². The van der Waals surface area contributed by atoms with Gasteiger partial charge in [0.05, 0.1) is 22.7 Å². The fraction of sp³-hybridized carbons (Fsp3) is 0. The predicted molar refractivity (Wildman–Crippen MR) is 143 cm³/mol. The summed E-state index contributed by atoms with van der Waals surface area (Å²) in [6.45, 7) is 0. The minimum absolute atomic E-state index is 0.153. The number of aromatic nitrogens is 2. The number of nitrogens with zero attached hydrogens (tertiary/aromatic N) is 3. The maximum absolute atomic E-state index is 13.4. The summed E-state index contributed by atoms with van der Waals surface area (Å²) >= 11 is 3.46. The predicted octanol–water partition coefficient (Wildman–Crippen LogP) is 6.41. The number of hydrogen-bond donors (Lipinski definition) is 1. The van der Waals surface area contributed by atoms with Crippen molar-refractivity contribution in [2.45, 2.75) is 0 Å². The van der Waals surface area contributed by atoms with E-state index < -0.39 is 5.97 Å². The molecule has 0 aliphatic heterocycles. The third kappa shape index (κ3) is 4.25. The first-order chi connectivity index (χ1) is 18.0. The lowest BCUT2D eigenvalue weighted by molar-refractivity contribution is 0.0697. The number of carboxylic acid groups (broad SMARTS) is 1. The quantitative estimate of drug-likeness (QED) is 0.247. The number of carboxylic acids is 1. The Morgan fingerprint density at radius 3 is 2.68 bits per heavy atom. The maximum Gasteiger partial charge on any atom is 0.335 e. The van der Waals surface area contributed by atoms with Crippen LogP contribution in [0.1, 0.15) is 16.1 Å². The van der Waals surface area contributed by atoms with E-state index >= 15 is 0 Å². The Hall–Kier alpha value is -4.76. The molecule has 180 valence electrons. The average Bonchev–Trinajstić information content (AvgIpc) is 3.55. The number of halogens is 1. The molecule has 0 unspecified atom stereocenters. The van der Waals surface area contributed by atoms with Crippen molar-refractivity contribution in [1.29, 1.82) is 0 Å². The first kappa shape index (κ1) is 22.7. The van der Waals surface area contributed by atoms with Crippen molar-refractivity contribution >= 4 is 50.0 Å². The fourth-order valence-corrected chi connectivity index (χ4v) is 4.39. The Balaban J connectivity index is 1.44. The van der Waals surface area contributed by atoms with Crippen LogP contribution in [0, 0.1) is 0 Å². The number of aromatic carboxylic acids is 1. The van der Waals surface area contributed by atoms with Gasteiger partial charge in [-0.3, -0.25) is 4.79 Å². The third-order valence-electron chi connectivity index (χ3n) is 5.77. The summed E-state index contributed by atoms with van der Waals surface area (Å²) < 4.78 is 13.9. The molecule has 3 aromatic heterocycles. The second kappa shape index (κ2) is 9.03. The molecule has 0 aliphatic rings.